The largest absolute Gasteiger partial charge is 0.419 e. The summed E-state index contributed by atoms with van der Waals surface area (Å²) in [4.78, 5) is 17.6. The van der Waals surface area contributed by atoms with Gasteiger partial charge in [-0.15, -0.1) is 0 Å². The molecule has 6 rings (SSSR count). The third-order valence-corrected chi connectivity index (χ3v) is 9.65. The SMILES string of the molecule is O=S(=O)(c1ccc(Nc2nc(N3CCOCC3)nc3c2CCN(c2ncccc2C(F)(F)F)CC3)cc1)N1CCOCC1. The molecule has 3 aliphatic rings. The van der Waals surface area contributed by atoms with Gasteiger partial charge in [0, 0.05) is 63.1 Å². The number of rotatable bonds is 6. The number of sulfonamides is 1. The van der Waals surface area contributed by atoms with Gasteiger partial charge in [0.1, 0.15) is 11.6 Å². The van der Waals surface area contributed by atoms with E-state index in [4.69, 9.17) is 19.4 Å². The van der Waals surface area contributed by atoms with Crippen molar-refractivity contribution in [2.75, 3.05) is 80.8 Å². The second-order valence-corrected chi connectivity index (χ2v) is 12.4. The number of aromatic nitrogens is 3. The Morgan fingerprint density at radius 2 is 1.49 bits per heavy atom. The Balaban J connectivity index is 1.29. The van der Waals surface area contributed by atoms with E-state index in [1.165, 1.54) is 16.6 Å². The van der Waals surface area contributed by atoms with Gasteiger partial charge in [-0.3, -0.25) is 0 Å². The molecule has 5 heterocycles. The molecule has 2 fully saturated rings. The number of alkyl halides is 3. The maximum absolute atomic E-state index is 13.8. The molecule has 3 aromatic rings. The lowest BCUT2D eigenvalue weighted by atomic mass is 10.1. The van der Waals surface area contributed by atoms with Gasteiger partial charge in [-0.05, 0) is 42.8 Å². The molecule has 2 saturated heterocycles. The zero-order valence-corrected chi connectivity index (χ0v) is 24.2. The molecule has 0 saturated carbocycles. The van der Waals surface area contributed by atoms with Crippen LogP contribution in [0.15, 0.2) is 47.5 Å². The van der Waals surface area contributed by atoms with E-state index >= 15 is 0 Å². The zero-order chi connectivity index (χ0) is 30.0. The molecule has 0 radical (unpaired) electrons. The van der Waals surface area contributed by atoms with Crippen molar-refractivity contribution in [3.8, 4) is 0 Å². The maximum atomic E-state index is 13.8. The molecule has 43 heavy (non-hydrogen) atoms. The summed E-state index contributed by atoms with van der Waals surface area (Å²) in [6, 6.07) is 8.81. The fourth-order valence-electron chi connectivity index (χ4n) is 5.46. The van der Waals surface area contributed by atoms with E-state index in [0.717, 1.165) is 17.3 Å². The number of ether oxygens (including phenoxy) is 2. The lowest BCUT2D eigenvalue weighted by Crippen LogP contribution is -2.40. The van der Waals surface area contributed by atoms with Crippen LogP contribution in [0.3, 0.4) is 0 Å². The van der Waals surface area contributed by atoms with Crippen LogP contribution >= 0.6 is 0 Å². The first-order valence-corrected chi connectivity index (χ1v) is 15.6. The fourth-order valence-corrected chi connectivity index (χ4v) is 6.87. The molecule has 1 N–H and O–H groups in total. The fraction of sp³-hybridized carbons (Fsp3) is 0.464. The van der Waals surface area contributed by atoms with Crippen LogP contribution in [0, 0.1) is 0 Å². The summed E-state index contributed by atoms with van der Waals surface area (Å²) in [5, 5.41) is 3.34. The maximum Gasteiger partial charge on any atom is 0.419 e. The predicted molar refractivity (Wildman–Crippen MR) is 153 cm³/mol. The summed E-state index contributed by atoms with van der Waals surface area (Å²) in [6.07, 6.45) is -2.37. The van der Waals surface area contributed by atoms with Crippen LogP contribution in [0.5, 0.6) is 0 Å². The number of halogens is 3. The van der Waals surface area contributed by atoms with Crippen LogP contribution < -0.4 is 15.1 Å². The molecule has 0 unspecified atom stereocenters. The quantitative estimate of drug-likeness (QED) is 0.442. The second-order valence-electron chi connectivity index (χ2n) is 10.4. The molecule has 230 valence electrons. The molecular weight excluding hydrogens is 587 g/mol. The van der Waals surface area contributed by atoms with Crippen molar-refractivity contribution in [1.29, 1.82) is 0 Å². The Kier molecular flexibility index (Phi) is 8.40. The molecule has 0 aliphatic carbocycles. The topological polar surface area (TPSA) is 113 Å². The highest BCUT2D eigenvalue weighted by molar-refractivity contribution is 7.89. The molecule has 2 aromatic heterocycles. The standard InChI is InChI=1S/C28H32F3N7O4S/c29-28(30,31)23-2-1-9-32-26(23)36-10-7-22-24(8-11-36)34-27(37-12-16-41-17-13-37)35-25(22)33-20-3-5-21(6-4-20)43(39,40)38-14-18-42-19-15-38/h1-6,9H,7-8,10-19H2,(H,33,34,35). The van der Waals surface area contributed by atoms with E-state index in [2.05, 4.69) is 10.3 Å². The van der Waals surface area contributed by atoms with E-state index < -0.39 is 21.8 Å². The Hall–Kier alpha value is -3.53. The van der Waals surface area contributed by atoms with Gasteiger partial charge < -0.3 is 24.6 Å². The number of hydrogen-bond acceptors (Lipinski definition) is 10. The monoisotopic (exact) mass is 619 g/mol. The summed E-state index contributed by atoms with van der Waals surface area (Å²) >= 11 is 0. The van der Waals surface area contributed by atoms with Gasteiger partial charge in [0.05, 0.1) is 42.6 Å². The summed E-state index contributed by atoms with van der Waals surface area (Å²) in [7, 11) is -3.65. The highest BCUT2D eigenvalue weighted by Gasteiger charge is 2.36. The van der Waals surface area contributed by atoms with Crippen LogP contribution in [-0.2, 0) is 38.5 Å². The van der Waals surface area contributed by atoms with E-state index in [0.29, 0.717) is 96.0 Å². The minimum Gasteiger partial charge on any atom is -0.379 e. The van der Waals surface area contributed by atoms with Gasteiger partial charge in [0.25, 0.3) is 0 Å². The Morgan fingerprint density at radius 3 is 2.19 bits per heavy atom. The second kappa shape index (κ2) is 12.2. The first-order valence-electron chi connectivity index (χ1n) is 14.1. The van der Waals surface area contributed by atoms with Crippen molar-refractivity contribution in [3.63, 3.8) is 0 Å². The number of morpholine rings is 2. The third kappa shape index (κ3) is 6.39. The van der Waals surface area contributed by atoms with Crippen molar-refractivity contribution in [2.45, 2.75) is 23.9 Å². The minimum atomic E-state index is -4.53. The van der Waals surface area contributed by atoms with Crippen molar-refractivity contribution in [3.05, 3.63) is 59.4 Å². The molecule has 3 aliphatic heterocycles. The number of anilines is 4. The number of nitrogens with zero attached hydrogens (tertiary/aromatic N) is 6. The molecule has 0 spiro atoms. The summed E-state index contributed by atoms with van der Waals surface area (Å²) in [5.74, 6) is 0.947. The third-order valence-electron chi connectivity index (χ3n) is 7.74. The lowest BCUT2D eigenvalue weighted by molar-refractivity contribution is -0.137. The van der Waals surface area contributed by atoms with Crippen LogP contribution in [-0.4, -0.2) is 93.4 Å². The van der Waals surface area contributed by atoms with Crippen LogP contribution in [0.4, 0.5) is 36.4 Å². The van der Waals surface area contributed by atoms with E-state index in [1.807, 2.05) is 4.90 Å². The van der Waals surface area contributed by atoms with Gasteiger partial charge in [-0.2, -0.15) is 22.5 Å². The Morgan fingerprint density at radius 1 is 0.814 bits per heavy atom. The number of fused-ring (bicyclic) bond motifs is 1. The van der Waals surface area contributed by atoms with Crippen LogP contribution in [0.1, 0.15) is 16.8 Å². The smallest absolute Gasteiger partial charge is 0.379 e. The molecule has 11 nitrogen and oxygen atoms in total. The average Bonchev–Trinajstić information content (AvgIpc) is 3.25. The molecule has 0 bridgehead atoms. The van der Waals surface area contributed by atoms with Crippen molar-refractivity contribution in [1.82, 2.24) is 19.3 Å². The van der Waals surface area contributed by atoms with Crippen molar-refractivity contribution < 1.29 is 31.1 Å². The molecule has 0 atom stereocenters. The van der Waals surface area contributed by atoms with Gasteiger partial charge in [-0.1, -0.05) is 0 Å². The van der Waals surface area contributed by atoms with Gasteiger partial charge in [0.15, 0.2) is 0 Å². The normalized spacial score (nSPS) is 18.7. The van der Waals surface area contributed by atoms with E-state index in [9.17, 15) is 21.6 Å². The van der Waals surface area contributed by atoms with Crippen LogP contribution in [0.25, 0.3) is 0 Å². The van der Waals surface area contributed by atoms with Crippen LogP contribution in [0.2, 0.25) is 0 Å². The summed E-state index contributed by atoms with van der Waals surface area (Å²) < 4.78 is 79.7. The zero-order valence-electron chi connectivity index (χ0n) is 23.4. The molecule has 1 aromatic carbocycles. The molecule has 15 heteroatoms. The number of hydrogen-bond donors (Lipinski definition) is 1. The molecular formula is C28H32F3N7O4S. The average molecular weight is 620 g/mol. The van der Waals surface area contributed by atoms with Gasteiger partial charge in [-0.25, -0.2) is 18.4 Å². The first kappa shape index (κ1) is 29.5. The Labute approximate surface area is 247 Å². The highest BCUT2D eigenvalue weighted by Crippen LogP contribution is 2.36. The van der Waals surface area contributed by atoms with Gasteiger partial charge in [0.2, 0.25) is 16.0 Å². The highest BCUT2D eigenvalue weighted by atomic mass is 32.2. The van der Waals surface area contributed by atoms with Gasteiger partial charge >= 0.3 is 6.18 Å². The predicted octanol–water partition coefficient (Wildman–Crippen LogP) is 3.10. The lowest BCUT2D eigenvalue weighted by Gasteiger charge is -2.28. The van der Waals surface area contributed by atoms with E-state index in [-0.39, 0.29) is 10.7 Å². The summed E-state index contributed by atoms with van der Waals surface area (Å²) in [6.45, 7) is 4.23. The van der Waals surface area contributed by atoms with E-state index in [1.54, 1.807) is 29.2 Å². The number of pyridine rings is 1. The molecule has 0 amide bonds. The minimum absolute atomic E-state index is 0.101. The Bertz CT molecular complexity index is 1540. The van der Waals surface area contributed by atoms with Crippen molar-refractivity contribution >= 4 is 33.3 Å². The first-order chi connectivity index (χ1) is 20.7. The van der Waals surface area contributed by atoms with Crippen molar-refractivity contribution in [2.24, 2.45) is 0 Å². The number of nitrogens with one attached hydrogen (secondary N) is 1. The summed E-state index contributed by atoms with van der Waals surface area (Å²) in [5.41, 5.74) is 1.40. The number of benzene rings is 1.